The molecule has 1 fully saturated rings. The second-order valence-corrected chi connectivity index (χ2v) is 11.4. The van der Waals surface area contributed by atoms with Crippen molar-refractivity contribution in [2.24, 2.45) is 16.2 Å². The first-order chi connectivity index (χ1) is 14.5. The third-order valence-corrected chi connectivity index (χ3v) is 7.14. The topological polar surface area (TPSA) is 30.7 Å². The van der Waals surface area contributed by atoms with Crippen LogP contribution >= 0.6 is 0 Å². The highest BCUT2D eigenvalue weighted by atomic mass is 15.5. The molecule has 1 aliphatic rings. The molecule has 0 saturated heterocycles. The van der Waals surface area contributed by atoms with Gasteiger partial charge in [-0.15, -0.1) is 10.2 Å². The number of rotatable bonds is 7. The monoisotopic (exact) mass is 415 g/mol. The maximum absolute atomic E-state index is 4.68. The van der Waals surface area contributed by atoms with Crippen LogP contribution in [0, 0.1) is 23.2 Å². The Morgan fingerprint density at radius 3 is 2.23 bits per heavy atom. The number of allylic oxidation sites excluding steroid dienone is 1. The summed E-state index contributed by atoms with van der Waals surface area (Å²) in [4.78, 5) is 1.79. The van der Waals surface area contributed by atoms with E-state index in [-0.39, 0.29) is 0 Å². The lowest BCUT2D eigenvalue weighted by atomic mass is 9.74. The van der Waals surface area contributed by atoms with Gasteiger partial charge in [0.2, 0.25) is 0 Å². The molecule has 0 radical (unpaired) electrons. The normalized spacial score (nSPS) is 20.2. The van der Waals surface area contributed by atoms with Gasteiger partial charge in [-0.25, -0.2) is 0 Å². The molecule has 4 rings (SSSR count). The van der Waals surface area contributed by atoms with E-state index in [1.807, 2.05) is 24.3 Å². The first-order valence-electron chi connectivity index (χ1n) is 11.6. The average Bonchev–Trinajstić information content (AvgIpc) is 3.03. The Kier molecular flexibility index (Phi) is 5.36. The van der Waals surface area contributed by atoms with Crippen LogP contribution < -0.4 is 0 Å². The molecule has 0 aliphatic heterocycles. The molecular formula is C28H37N3. The van der Waals surface area contributed by atoms with Crippen molar-refractivity contribution < 1.29 is 0 Å². The average molecular weight is 416 g/mol. The number of fused-ring (bicyclic) bond motifs is 1. The molecule has 0 bridgehead atoms. The van der Waals surface area contributed by atoms with E-state index in [2.05, 4.69) is 76.5 Å². The molecule has 1 aromatic heterocycles. The fraction of sp³-hybridized carbons (Fsp3) is 0.500. The summed E-state index contributed by atoms with van der Waals surface area (Å²) >= 11 is 0. The predicted octanol–water partition coefficient (Wildman–Crippen LogP) is 7.46. The van der Waals surface area contributed by atoms with Crippen molar-refractivity contribution in [1.29, 1.82) is 0 Å². The van der Waals surface area contributed by atoms with Gasteiger partial charge in [-0.05, 0) is 84.6 Å². The molecule has 3 nitrogen and oxygen atoms in total. The van der Waals surface area contributed by atoms with Crippen molar-refractivity contribution in [3.63, 3.8) is 0 Å². The van der Waals surface area contributed by atoms with Crippen LogP contribution in [0.3, 0.4) is 0 Å². The number of nitrogens with zero attached hydrogens (tertiary/aromatic N) is 3. The molecular weight excluding hydrogens is 378 g/mol. The number of hydrogen-bond acceptors (Lipinski definition) is 2. The zero-order valence-corrected chi connectivity index (χ0v) is 20.1. The van der Waals surface area contributed by atoms with E-state index in [0.717, 1.165) is 36.0 Å². The van der Waals surface area contributed by atoms with Crippen LogP contribution in [-0.4, -0.2) is 15.0 Å². The molecule has 1 saturated carbocycles. The Balaban J connectivity index is 1.45. The SMILES string of the molecule is C=C(CCCc1ccc(C)c(-n2nc3ccccc3n2)c1)C1(CC(C)(C)C)CC1(C)C. The van der Waals surface area contributed by atoms with Crippen molar-refractivity contribution in [3.8, 4) is 5.69 Å². The summed E-state index contributed by atoms with van der Waals surface area (Å²) in [6, 6.07) is 14.7. The summed E-state index contributed by atoms with van der Waals surface area (Å²) in [7, 11) is 0. The summed E-state index contributed by atoms with van der Waals surface area (Å²) in [5.74, 6) is 0. The van der Waals surface area contributed by atoms with Crippen LogP contribution in [0.2, 0.25) is 0 Å². The standard InChI is InChI=1S/C28H37N3/c1-20-15-16-22(17-25(20)31-29-23-13-8-9-14-24(23)30-31)12-10-11-21(2)28(18-26(3,4)5)19-27(28,6)7/h8-9,13-17H,2,10-12,18-19H2,1,3-7H3. The minimum absolute atomic E-state index is 0.322. The summed E-state index contributed by atoms with van der Waals surface area (Å²) in [6.07, 6.45) is 5.81. The molecule has 0 N–H and O–H groups in total. The van der Waals surface area contributed by atoms with E-state index < -0.39 is 0 Å². The van der Waals surface area contributed by atoms with Crippen LogP contribution in [0.5, 0.6) is 0 Å². The molecule has 1 unspecified atom stereocenters. The Hall–Kier alpha value is -2.42. The van der Waals surface area contributed by atoms with E-state index in [4.69, 9.17) is 0 Å². The largest absolute Gasteiger partial charge is 0.150 e. The summed E-state index contributed by atoms with van der Waals surface area (Å²) < 4.78 is 0. The van der Waals surface area contributed by atoms with E-state index in [1.165, 1.54) is 29.5 Å². The molecule has 164 valence electrons. The number of benzene rings is 2. The number of aryl methyl sites for hydroxylation is 2. The van der Waals surface area contributed by atoms with Gasteiger partial charge in [-0.3, -0.25) is 0 Å². The molecule has 1 heterocycles. The van der Waals surface area contributed by atoms with Gasteiger partial charge in [0.25, 0.3) is 0 Å². The number of hydrogen-bond donors (Lipinski definition) is 0. The van der Waals surface area contributed by atoms with Gasteiger partial charge in [-0.1, -0.05) is 71.0 Å². The molecule has 0 spiro atoms. The van der Waals surface area contributed by atoms with Gasteiger partial charge in [0.1, 0.15) is 11.0 Å². The van der Waals surface area contributed by atoms with Gasteiger partial charge in [-0.2, -0.15) is 4.80 Å². The Bertz CT molecular complexity index is 1080. The molecule has 3 heteroatoms. The van der Waals surface area contributed by atoms with Crippen LogP contribution in [0.1, 0.15) is 71.4 Å². The van der Waals surface area contributed by atoms with E-state index in [0.29, 0.717) is 16.2 Å². The lowest BCUT2D eigenvalue weighted by Gasteiger charge is -2.31. The van der Waals surface area contributed by atoms with E-state index in [9.17, 15) is 0 Å². The van der Waals surface area contributed by atoms with Crippen molar-refractivity contribution >= 4 is 11.0 Å². The van der Waals surface area contributed by atoms with Crippen LogP contribution in [0.4, 0.5) is 0 Å². The minimum Gasteiger partial charge on any atom is -0.150 e. The van der Waals surface area contributed by atoms with Crippen molar-refractivity contribution in [1.82, 2.24) is 15.0 Å². The Labute approximate surface area is 187 Å². The van der Waals surface area contributed by atoms with Crippen LogP contribution in [0.25, 0.3) is 16.7 Å². The fourth-order valence-electron chi connectivity index (χ4n) is 5.38. The zero-order chi connectivity index (χ0) is 22.4. The first-order valence-corrected chi connectivity index (χ1v) is 11.6. The molecule has 2 aromatic carbocycles. The zero-order valence-electron chi connectivity index (χ0n) is 20.1. The lowest BCUT2D eigenvalue weighted by molar-refractivity contribution is 0.262. The quantitative estimate of drug-likeness (QED) is 0.375. The highest BCUT2D eigenvalue weighted by Gasteiger charge is 2.62. The third kappa shape index (κ3) is 4.33. The highest BCUT2D eigenvalue weighted by molar-refractivity contribution is 5.73. The van der Waals surface area contributed by atoms with Crippen LogP contribution in [-0.2, 0) is 6.42 Å². The maximum atomic E-state index is 4.68. The molecule has 31 heavy (non-hydrogen) atoms. The summed E-state index contributed by atoms with van der Waals surface area (Å²) in [6.45, 7) is 18.6. The Morgan fingerprint density at radius 1 is 1.06 bits per heavy atom. The summed E-state index contributed by atoms with van der Waals surface area (Å²) in [5.41, 5.74) is 7.97. The van der Waals surface area contributed by atoms with Crippen molar-refractivity contribution in [2.75, 3.05) is 0 Å². The minimum atomic E-state index is 0.322. The van der Waals surface area contributed by atoms with Gasteiger partial charge in [0, 0.05) is 0 Å². The van der Waals surface area contributed by atoms with Gasteiger partial charge < -0.3 is 0 Å². The predicted molar refractivity (Wildman–Crippen MR) is 131 cm³/mol. The van der Waals surface area contributed by atoms with Crippen molar-refractivity contribution in [3.05, 3.63) is 65.7 Å². The lowest BCUT2D eigenvalue weighted by Crippen LogP contribution is -2.20. The first kappa shape index (κ1) is 21.8. The molecule has 3 aromatic rings. The Morgan fingerprint density at radius 2 is 1.68 bits per heavy atom. The van der Waals surface area contributed by atoms with E-state index >= 15 is 0 Å². The second-order valence-electron chi connectivity index (χ2n) is 11.4. The number of aromatic nitrogens is 3. The fourth-order valence-corrected chi connectivity index (χ4v) is 5.38. The molecule has 0 amide bonds. The smallest absolute Gasteiger partial charge is 0.113 e. The summed E-state index contributed by atoms with van der Waals surface area (Å²) in [5, 5.41) is 9.35. The molecule has 1 atom stereocenters. The maximum Gasteiger partial charge on any atom is 0.113 e. The second kappa shape index (κ2) is 7.62. The third-order valence-electron chi connectivity index (χ3n) is 7.14. The van der Waals surface area contributed by atoms with Gasteiger partial charge in [0.05, 0.1) is 5.69 Å². The van der Waals surface area contributed by atoms with Gasteiger partial charge >= 0.3 is 0 Å². The van der Waals surface area contributed by atoms with Crippen LogP contribution in [0.15, 0.2) is 54.6 Å². The van der Waals surface area contributed by atoms with Gasteiger partial charge in [0.15, 0.2) is 0 Å². The van der Waals surface area contributed by atoms with E-state index in [1.54, 1.807) is 4.80 Å². The van der Waals surface area contributed by atoms with Crippen molar-refractivity contribution in [2.45, 2.75) is 73.6 Å². The molecule has 1 aliphatic carbocycles. The highest BCUT2D eigenvalue weighted by Crippen LogP contribution is 2.71.